The average molecular weight is 448 g/mol. The van der Waals surface area contributed by atoms with E-state index >= 15 is 0 Å². The van der Waals surface area contributed by atoms with Crippen molar-refractivity contribution in [2.45, 2.75) is 62.5 Å². The lowest BCUT2D eigenvalue weighted by molar-refractivity contribution is -0.440. The van der Waals surface area contributed by atoms with Crippen LogP contribution in [-0.2, 0) is 9.53 Å². The molecule has 0 amide bonds. The van der Waals surface area contributed by atoms with Crippen molar-refractivity contribution in [1.29, 1.82) is 0 Å². The van der Waals surface area contributed by atoms with E-state index in [1.165, 1.54) is 13.8 Å². The van der Waals surface area contributed by atoms with Crippen LogP contribution < -0.4 is 0 Å². The van der Waals surface area contributed by atoms with E-state index in [1.807, 2.05) is 0 Å². The Labute approximate surface area is 149 Å². The van der Waals surface area contributed by atoms with Crippen molar-refractivity contribution >= 4 is 5.97 Å². The molecule has 0 unspecified atom stereocenters. The molecule has 0 N–H and O–H groups in total. The fourth-order valence-corrected chi connectivity index (χ4v) is 1.59. The van der Waals surface area contributed by atoms with Crippen LogP contribution in [-0.4, -0.2) is 48.4 Å². The van der Waals surface area contributed by atoms with Gasteiger partial charge in [0.25, 0.3) is 0 Å². The average Bonchev–Trinajstić information content (AvgIpc) is 2.49. The lowest BCUT2D eigenvalue weighted by atomic mass is 9.92. The lowest BCUT2D eigenvalue weighted by Crippen LogP contribution is -2.70. The minimum atomic E-state index is -7.91. The lowest BCUT2D eigenvalue weighted by Gasteiger charge is -2.39. The van der Waals surface area contributed by atoms with Crippen molar-refractivity contribution in [2.75, 3.05) is 6.61 Å². The molecule has 0 heterocycles. The monoisotopic (exact) mass is 448 g/mol. The number of esters is 1. The Morgan fingerprint density at radius 3 is 1.46 bits per heavy atom. The first-order valence-electron chi connectivity index (χ1n) is 7.20. The molecule has 0 aromatic heterocycles. The fourth-order valence-electron chi connectivity index (χ4n) is 1.59. The van der Waals surface area contributed by atoms with Crippen LogP contribution in [0.5, 0.6) is 0 Å². The standard InChI is InChI=1S/C13H13F13O2/c1-6(2)7(27)28-5-3-4-8(14,15)9(16,17)10(18,19)11(20,21)12(22,23)13(24,25)26/h6H,3-5H2,1-2H3. The quantitative estimate of drug-likeness (QED) is 0.257. The van der Waals surface area contributed by atoms with E-state index in [2.05, 4.69) is 4.74 Å². The van der Waals surface area contributed by atoms with Crippen molar-refractivity contribution in [2.24, 2.45) is 5.92 Å². The normalized spacial score (nSPS) is 15.1. The summed E-state index contributed by atoms with van der Waals surface area (Å²) in [7, 11) is 0. The number of hydrogen-bond acceptors (Lipinski definition) is 2. The van der Waals surface area contributed by atoms with Gasteiger partial charge < -0.3 is 4.74 Å². The van der Waals surface area contributed by atoms with E-state index in [-0.39, 0.29) is 0 Å². The molecule has 0 saturated heterocycles. The third-order valence-corrected chi connectivity index (χ3v) is 3.35. The summed E-state index contributed by atoms with van der Waals surface area (Å²) in [5, 5.41) is 0. The summed E-state index contributed by atoms with van der Waals surface area (Å²) in [6.07, 6.45) is -11.1. The van der Waals surface area contributed by atoms with E-state index < -0.39 is 67.1 Å². The SMILES string of the molecule is CC(C)C(=O)OCCCC(F)(F)C(F)(F)C(F)(F)C(F)(F)C(F)(F)C(F)(F)F. The second-order valence-corrected chi connectivity index (χ2v) is 5.93. The van der Waals surface area contributed by atoms with Gasteiger partial charge in [0.05, 0.1) is 12.5 Å². The van der Waals surface area contributed by atoms with Crippen LogP contribution in [0.4, 0.5) is 57.1 Å². The molecule has 0 aliphatic heterocycles. The van der Waals surface area contributed by atoms with Gasteiger partial charge in [-0.2, -0.15) is 57.1 Å². The predicted octanol–water partition coefficient (Wildman–Crippen LogP) is 5.70. The number of carbonyl (C=O) groups excluding carboxylic acids is 1. The Morgan fingerprint density at radius 2 is 1.11 bits per heavy atom. The second kappa shape index (κ2) is 7.76. The molecule has 0 fully saturated rings. The minimum absolute atomic E-state index is 0.797. The van der Waals surface area contributed by atoms with Gasteiger partial charge in [0, 0.05) is 6.42 Å². The van der Waals surface area contributed by atoms with Gasteiger partial charge in [0.1, 0.15) is 0 Å². The maximum Gasteiger partial charge on any atom is 0.460 e. The van der Waals surface area contributed by atoms with Crippen LogP contribution in [0.25, 0.3) is 0 Å². The topological polar surface area (TPSA) is 26.3 Å². The van der Waals surface area contributed by atoms with Gasteiger partial charge >= 0.3 is 41.8 Å². The third-order valence-electron chi connectivity index (χ3n) is 3.35. The molecule has 168 valence electrons. The zero-order valence-electron chi connectivity index (χ0n) is 13.9. The number of ether oxygens (including phenoxy) is 1. The van der Waals surface area contributed by atoms with E-state index in [0.29, 0.717) is 0 Å². The molecular weight excluding hydrogens is 435 g/mol. The zero-order valence-corrected chi connectivity index (χ0v) is 13.9. The Bertz CT molecular complexity index is 551. The summed E-state index contributed by atoms with van der Waals surface area (Å²) in [6, 6.07) is 0. The number of halogens is 13. The number of hydrogen-bond donors (Lipinski definition) is 0. The molecule has 0 aliphatic rings. The molecule has 0 atom stereocenters. The maximum atomic E-state index is 13.4. The molecule has 0 rings (SSSR count). The number of alkyl halides is 13. The van der Waals surface area contributed by atoms with E-state index in [9.17, 15) is 61.9 Å². The van der Waals surface area contributed by atoms with Crippen molar-refractivity contribution in [3.8, 4) is 0 Å². The highest BCUT2D eigenvalue weighted by Crippen LogP contribution is 2.60. The molecular formula is C13H13F13O2. The molecule has 0 spiro atoms. The van der Waals surface area contributed by atoms with Crippen molar-refractivity contribution in [3.63, 3.8) is 0 Å². The van der Waals surface area contributed by atoms with Crippen molar-refractivity contribution < 1.29 is 66.6 Å². The summed E-state index contributed by atoms with van der Waals surface area (Å²) in [5.74, 6) is -38.7. The van der Waals surface area contributed by atoms with Crippen LogP contribution in [0, 0.1) is 5.92 Å². The summed E-state index contributed by atoms with van der Waals surface area (Å²) < 4.78 is 171. The summed E-state index contributed by atoms with van der Waals surface area (Å²) >= 11 is 0. The van der Waals surface area contributed by atoms with Crippen LogP contribution >= 0.6 is 0 Å². The Morgan fingerprint density at radius 1 is 0.714 bits per heavy atom. The first-order valence-corrected chi connectivity index (χ1v) is 7.20. The van der Waals surface area contributed by atoms with Gasteiger partial charge in [-0.1, -0.05) is 13.8 Å². The van der Waals surface area contributed by atoms with Crippen LogP contribution in [0.15, 0.2) is 0 Å². The highest BCUT2D eigenvalue weighted by molar-refractivity contribution is 5.71. The van der Waals surface area contributed by atoms with Gasteiger partial charge in [-0.15, -0.1) is 0 Å². The zero-order chi connectivity index (χ0) is 23.0. The smallest absolute Gasteiger partial charge is 0.460 e. The Kier molecular flexibility index (Phi) is 7.37. The van der Waals surface area contributed by atoms with Gasteiger partial charge in [0.15, 0.2) is 0 Å². The molecule has 0 radical (unpaired) electrons. The second-order valence-electron chi connectivity index (χ2n) is 5.93. The number of carbonyl (C=O) groups is 1. The molecule has 0 aromatic carbocycles. The molecule has 2 nitrogen and oxygen atoms in total. The molecule has 0 bridgehead atoms. The largest absolute Gasteiger partial charge is 0.465 e. The Balaban J connectivity index is 5.59. The van der Waals surface area contributed by atoms with Crippen LogP contribution in [0.3, 0.4) is 0 Å². The summed E-state index contributed by atoms with van der Waals surface area (Å²) in [4.78, 5) is 11.0. The first-order chi connectivity index (χ1) is 12.1. The van der Waals surface area contributed by atoms with Gasteiger partial charge in [0.2, 0.25) is 0 Å². The highest BCUT2D eigenvalue weighted by Gasteiger charge is 2.90. The number of rotatable bonds is 9. The molecule has 0 aliphatic carbocycles. The summed E-state index contributed by atoms with van der Waals surface area (Å²) in [6.45, 7) is 1.49. The van der Waals surface area contributed by atoms with E-state index in [4.69, 9.17) is 0 Å². The molecule has 28 heavy (non-hydrogen) atoms. The van der Waals surface area contributed by atoms with Crippen LogP contribution in [0.2, 0.25) is 0 Å². The fraction of sp³-hybridized carbons (Fsp3) is 0.923. The Hall–Kier alpha value is -1.44. The minimum Gasteiger partial charge on any atom is -0.465 e. The highest BCUT2D eigenvalue weighted by atomic mass is 19.4. The van der Waals surface area contributed by atoms with Crippen molar-refractivity contribution in [1.82, 2.24) is 0 Å². The van der Waals surface area contributed by atoms with Gasteiger partial charge in [-0.05, 0) is 6.42 Å². The molecule has 0 saturated carbocycles. The van der Waals surface area contributed by atoms with Crippen molar-refractivity contribution in [3.05, 3.63) is 0 Å². The van der Waals surface area contributed by atoms with E-state index in [0.717, 1.165) is 0 Å². The van der Waals surface area contributed by atoms with Crippen LogP contribution in [0.1, 0.15) is 26.7 Å². The molecule has 0 aromatic rings. The van der Waals surface area contributed by atoms with Gasteiger partial charge in [-0.25, -0.2) is 0 Å². The maximum absolute atomic E-state index is 13.4. The molecule has 15 heteroatoms. The first kappa shape index (κ1) is 26.6. The van der Waals surface area contributed by atoms with E-state index in [1.54, 1.807) is 0 Å². The van der Waals surface area contributed by atoms with Gasteiger partial charge in [-0.3, -0.25) is 4.79 Å². The summed E-state index contributed by atoms with van der Waals surface area (Å²) in [5.41, 5.74) is 0. The third kappa shape index (κ3) is 4.42. The predicted molar refractivity (Wildman–Crippen MR) is 65.8 cm³/mol.